The Labute approximate surface area is 140 Å². The summed E-state index contributed by atoms with van der Waals surface area (Å²) in [6, 6.07) is 2.36. The number of carbonyl (C=O) groups is 1. The van der Waals surface area contributed by atoms with Crippen LogP contribution in [0.1, 0.15) is 17.6 Å². The average Bonchev–Trinajstić information content (AvgIpc) is 3.11. The summed E-state index contributed by atoms with van der Waals surface area (Å²) in [5.41, 5.74) is 1.93. The molecule has 0 aromatic carbocycles. The van der Waals surface area contributed by atoms with Crippen molar-refractivity contribution in [3.05, 3.63) is 36.2 Å². The van der Waals surface area contributed by atoms with Gasteiger partial charge in [-0.3, -0.25) is 14.5 Å². The number of likely N-dealkylation sites (tertiary alicyclic amines) is 1. The van der Waals surface area contributed by atoms with Gasteiger partial charge in [0.2, 0.25) is 0 Å². The summed E-state index contributed by atoms with van der Waals surface area (Å²) in [6.07, 6.45) is 5.57. The first-order valence-corrected chi connectivity index (χ1v) is 8.18. The third-order valence-corrected chi connectivity index (χ3v) is 4.65. The van der Waals surface area contributed by atoms with Gasteiger partial charge in [-0.15, -0.1) is 0 Å². The van der Waals surface area contributed by atoms with Crippen molar-refractivity contribution in [3.8, 4) is 0 Å². The van der Waals surface area contributed by atoms with Gasteiger partial charge in [-0.05, 0) is 13.0 Å². The smallest absolute Gasteiger partial charge is 0.324 e. The molecule has 0 atom stereocenters. The van der Waals surface area contributed by atoms with Crippen LogP contribution in [-0.4, -0.2) is 68.8 Å². The number of carbonyl (C=O) groups excluding carboxylic acids is 1. The van der Waals surface area contributed by atoms with Crippen LogP contribution in [0.4, 0.5) is 10.5 Å². The van der Waals surface area contributed by atoms with E-state index in [1.165, 1.54) is 0 Å². The lowest BCUT2D eigenvalue weighted by atomic mass is 10.1. The number of hydrogen-bond donors (Lipinski definition) is 0. The van der Waals surface area contributed by atoms with Crippen molar-refractivity contribution < 1.29 is 4.79 Å². The van der Waals surface area contributed by atoms with Crippen LogP contribution in [0, 0.1) is 6.92 Å². The number of hydrogen-bond acceptors (Lipinski definition) is 5. The summed E-state index contributed by atoms with van der Waals surface area (Å²) in [5.74, 6) is 0.807. The van der Waals surface area contributed by atoms with Crippen LogP contribution >= 0.6 is 0 Å². The van der Waals surface area contributed by atoms with Crippen LogP contribution in [0.25, 0.3) is 0 Å². The third kappa shape index (κ3) is 2.73. The molecule has 0 radical (unpaired) electrons. The molecule has 0 saturated carbocycles. The number of nitrogens with zero attached hydrogens (tertiary/aromatic N) is 7. The number of aryl methyl sites for hydroxylation is 1. The second kappa shape index (κ2) is 5.86. The van der Waals surface area contributed by atoms with E-state index >= 15 is 0 Å². The SMILES string of the molecule is Cc1nccc(CN2CC(n3cc(N4CCN(C)C4=O)cn3)C2)n1. The van der Waals surface area contributed by atoms with E-state index in [1.807, 2.05) is 30.9 Å². The first kappa shape index (κ1) is 15.1. The fourth-order valence-electron chi connectivity index (χ4n) is 3.22. The molecule has 2 aliphatic rings. The summed E-state index contributed by atoms with van der Waals surface area (Å²) in [7, 11) is 1.82. The predicted octanol–water partition coefficient (Wildman–Crippen LogP) is 0.910. The van der Waals surface area contributed by atoms with Gasteiger partial charge in [0.25, 0.3) is 0 Å². The monoisotopic (exact) mass is 327 g/mol. The molecule has 4 heterocycles. The van der Waals surface area contributed by atoms with E-state index in [9.17, 15) is 4.79 Å². The fraction of sp³-hybridized carbons (Fsp3) is 0.500. The molecule has 8 heteroatoms. The van der Waals surface area contributed by atoms with Crippen molar-refractivity contribution in [1.29, 1.82) is 0 Å². The zero-order valence-corrected chi connectivity index (χ0v) is 14.0. The summed E-state index contributed by atoms with van der Waals surface area (Å²) in [4.78, 5) is 26.5. The molecule has 2 saturated heterocycles. The first-order valence-electron chi connectivity index (χ1n) is 8.18. The molecule has 2 aliphatic heterocycles. The van der Waals surface area contributed by atoms with Crippen molar-refractivity contribution in [3.63, 3.8) is 0 Å². The molecule has 2 fully saturated rings. The molecule has 0 aliphatic carbocycles. The van der Waals surface area contributed by atoms with E-state index in [2.05, 4.69) is 20.0 Å². The van der Waals surface area contributed by atoms with Gasteiger partial charge < -0.3 is 4.90 Å². The van der Waals surface area contributed by atoms with Crippen LogP contribution in [0.15, 0.2) is 24.7 Å². The van der Waals surface area contributed by atoms with Gasteiger partial charge in [0, 0.05) is 52.2 Å². The molecule has 2 aromatic heterocycles. The fourth-order valence-corrected chi connectivity index (χ4v) is 3.22. The third-order valence-electron chi connectivity index (χ3n) is 4.65. The van der Waals surface area contributed by atoms with E-state index in [1.54, 1.807) is 22.2 Å². The lowest BCUT2D eigenvalue weighted by molar-refractivity contribution is 0.0895. The standard InChI is InChI=1S/C16H21N7O/c1-12-17-4-3-13(19-12)8-21-9-15(10-21)23-11-14(7-18-23)22-6-5-20(2)16(22)24/h3-4,7,11,15H,5-6,8-10H2,1-2H3. The molecular formula is C16H21N7O. The molecular weight excluding hydrogens is 306 g/mol. The second-order valence-electron chi connectivity index (χ2n) is 6.48. The van der Waals surface area contributed by atoms with E-state index in [0.717, 1.165) is 49.9 Å². The zero-order valence-electron chi connectivity index (χ0n) is 14.0. The van der Waals surface area contributed by atoms with Gasteiger partial charge in [0.05, 0.1) is 23.6 Å². The zero-order chi connectivity index (χ0) is 16.7. The van der Waals surface area contributed by atoms with Gasteiger partial charge in [-0.25, -0.2) is 14.8 Å². The molecule has 2 amide bonds. The van der Waals surface area contributed by atoms with E-state index in [0.29, 0.717) is 6.04 Å². The summed E-state index contributed by atoms with van der Waals surface area (Å²) in [5, 5.41) is 4.45. The Balaban J connectivity index is 1.35. The van der Waals surface area contributed by atoms with Gasteiger partial charge in [0.1, 0.15) is 5.82 Å². The average molecular weight is 327 g/mol. The van der Waals surface area contributed by atoms with Crippen LogP contribution in [0.2, 0.25) is 0 Å². The summed E-state index contributed by atoms with van der Waals surface area (Å²) >= 11 is 0. The molecule has 126 valence electrons. The molecule has 8 nitrogen and oxygen atoms in total. The van der Waals surface area contributed by atoms with Crippen LogP contribution in [0.5, 0.6) is 0 Å². The minimum atomic E-state index is 0.0453. The number of amides is 2. The highest BCUT2D eigenvalue weighted by Gasteiger charge is 2.31. The van der Waals surface area contributed by atoms with Crippen molar-refractivity contribution in [2.45, 2.75) is 19.5 Å². The number of likely N-dealkylation sites (N-methyl/N-ethyl adjacent to an activating group) is 1. The van der Waals surface area contributed by atoms with Gasteiger partial charge in [0.15, 0.2) is 0 Å². The Hall–Kier alpha value is -2.48. The molecule has 4 rings (SSSR count). The minimum absolute atomic E-state index is 0.0453. The maximum atomic E-state index is 12.0. The molecule has 24 heavy (non-hydrogen) atoms. The van der Waals surface area contributed by atoms with E-state index in [-0.39, 0.29) is 6.03 Å². The van der Waals surface area contributed by atoms with E-state index < -0.39 is 0 Å². The Kier molecular flexibility index (Phi) is 3.68. The van der Waals surface area contributed by atoms with Gasteiger partial charge >= 0.3 is 6.03 Å². The Morgan fingerprint density at radius 2 is 2.12 bits per heavy atom. The topological polar surface area (TPSA) is 70.4 Å². The molecule has 0 N–H and O–H groups in total. The van der Waals surface area contributed by atoms with Crippen molar-refractivity contribution in [1.82, 2.24) is 29.5 Å². The number of urea groups is 1. The maximum Gasteiger partial charge on any atom is 0.324 e. The largest absolute Gasteiger partial charge is 0.326 e. The summed E-state index contributed by atoms with van der Waals surface area (Å²) in [6.45, 7) is 6.12. The molecule has 2 aromatic rings. The number of aromatic nitrogens is 4. The van der Waals surface area contributed by atoms with Gasteiger partial charge in [-0.2, -0.15) is 5.10 Å². The number of rotatable bonds is 4. The predicted molar refractivity (Wildman–Crippen MR) is 88.7 cm³/mol. The van der Waals surface area contributed by atoms with E-state index in [4.69, 9.17) is 0 Å². The maximum absolute atomic E-state index is 12.0. The highest BCUT2D eigenvalue weighted by molar-refractivity contribution is 5.93. The Bertz CT molecular complexity index is 752. The van der Waals surface area contributed by atoms with Crippen LogP contribution in [-0.2, 0) is 6.54 Å². The second-order valence-corrected chi connectivity index (χ2v) is 6.48. The molecule has 0 bridgehead atoms. The highest BCUT2D eigenvalue weighted by atomic mass is 16.2. The minimum Gasteiger partial charge on any atom is -0.326 e. The highest BCUT2D eigenvalue weighted by Crippen LogP contribution is 2.25. The van der Waals surface area contributed by atoms with Crippen LogP contribution < -0.4 is 4.90 Å². The number of anilines is 1. The molecule has 0 unspecified atom stereocenters. The first-order chi connectivity index (χ1) is 11.6. The summed E-state index contributed by atoms with van der Waals surface area (Å²) < 4.78 is 1.97. The van der Waals surface area contributed by atoms with Crippen LogP contribution in [0.3, 0.4) is 0 Å². The Morgan fingerprint density at radius 3 is 2.83 bits per heavy atom. The normalized spacial score (nSPS) is 19.2. The van der Waals surface area contributed by atoms with Crippen molar-refractivity contribution in [2.24, 2.45) is 0 Å². The lowest BCUT2D eigenvalue weighted by Crippen LogP contribution is -2.47. The van der Waals surface area contributed by atoms with Gasteiger partial charge in [-0.1, -0.05) is 0 Å². The molecule has 0 spiro atoms. The van der Waals surface area contributed by atoms with Crippen molar-refractivity contribution >= 4 is 11.7 Å². The van der Waals surface area contributed by atoms with Crippen molar-refractivity contribution in [2.75, 3.05) is 38.1 Å². The lowest BCUT2D eigenvalue weighted by Gasteiger charge is -2.38. The Morgan fingerprint density at radius 1 is 1.29 bits per heavy atom. The quantitative estimate of drug-likeness (QED) is 0.835.